The van der Waals surface area contributed by atoms with Gasteiger partial charge in [-0.2, -0.15) is 0 Å². The minimum Gasteiger partial charge on any atom is -0.406 e. The molecule has 1 heterocycles. The first-order chi connectivity index (χ1) is 11.3. The molecule has 1 aromatic carbocycles. The summed E-state index contributed by atoms with van der Waals surface area (Å²) in [6, 6.07) is 6.14. The highest BCUT2D eigenvalue weighted by Crippen LogP contribution is 2.43. The third-order valence-corrected chi connectivity index (χ3v) is 5.19. The van der Waals surface area contributed by atoms with Gasteiger partial charge in [-0.1, -0.05) is 12.1 Å². The van der Waals surface area contributed by atoms with Crippen molar-refractivity contribution in [1.29, 1.82) is 0 Å². The average molecular weight is 345 g/mol. The highest BCUT2D eigenvalue weighted by molar-refractivity contribution is 5.29. The van der Waals surface area contributed by atoms with E-state index in [-0.39, 0.29) is 23.5 Å². The van der Waals surface area contributed by atoms with E-state index in [0.29, 0.717) is 13.0 Å². The van der Waals surface area contributed by atoms with Gasteiger partial charge in [0.1, 0.15) is 5.75 Å². The van der Waals surface area contributed by atoms with E-state index in [1.165, 1.54) is 12.1 Å². The van der Waals surface area contributed by atoms with Crippen LogP contribution in [0.25, 0.3) is 0 Å². The van der Waals surface area contributed by atoms with E-state index in [2.05, 4.69) is 9.64 Å². The van der Waals surface area contributed by atoms with Crippen LogP contribution in [0.3, 0.4) is 0 Å². The van der Waals surface area contributed by atoms with Gasteiger partial charge in [0.2, 0.25) is 0 Å². The molecule has 1 saturated heterocycles. The Morgan fingerprint density at radius 2 is 2.12 bits per heavy atom. The predicted octanol–water partition coefficient (Wildman–Crippen LogP) is 3.09. The van der Waals surface area contributed by atoms with E-state index in [1.54, 1.807) is 19.2 Å². The van der Waals surface area contributed by atoms with Gasteiger partial charge in [-0.05, 0) is 43.4 Å². The number of fused-ring (bicyclic) bond motifs is 1. The Hall–Kier alpha value is -1.31. The third-order valence-electron chi connectivity index (χ3n) is 5.19. The first kappa shape index (κ1) is 17.5. The van der Waals surface area contributed by atoms with Crippen molar-refractivity contribution in [3.05, 3.63) is 29.8 Å². The van der Waals surface area contributed by atoms with Crippen LogP contribution in [-0.4, -0.2) is 47.8 Å². The fourth-order valence-corrected chi connectivity index (χ4v) is 4.03. The van der Waals surface area contributed by atoms with Gasteiger partial charge in [0.25, 0.3) is 0 Å². The number of ether oxygens (including phenoxy) is 2. The first-order valence-corrected chi connectivity index (χ1v) is 8.13. The molecule has 1 N–H and O–H groups in total. The molecule has 2 aliphatic rings. The van der Waals surface area contributed by atoms with Crippen molar-refractivity contribution in [2.75, 3.05) is 13.7 Å². The molecule has 0 spiro atoms. The molecule has 0 radical (unpaired) electrons. The highest BCUT2D eigenvalue weighted by Gasteiger charge is 2.50. The number of methoxy groups -OCH3 is 1. The number of alkyl halides is 3. The van der Waals surface area contributed by atoms with E-state index < -0.39 is 6.36 Å². The van der Waals surface area contributed by atoms with E-state index in [0.717, 1.165) is 31.4 Å². The van der Waals surface area contributed by atoms with Crippen LogP contribution in [0.4, 0.5) is 13.2 Å². The minimum atomic E-state index is -4.69. The van der Waals surface area contributed by atoms with Gasteiger partial charge in [0.15, 0.2) is 0 Å². The lowest BCUT2D eigenvalue weighted by Gasteiger charge is -2.42. The third kappa shape index (κ3) is 3.68. The number of hydrogen-bond donors (Lipinski definition) is 1. The molecule has 0 unspecified atom stereocenters. The lowest BCUT2D eigenvalue weighted by atomic mass is 9.79. The molecule has 24 heavy (non-hydrogen) atoms. The number of rotatable bonds is 4. The van der Waals surface area contributed by atoms with Crippen LogP contribution in [0, 0.1) is 0 Å². The van der Waals surface area contributed by atoms with Crippen LogP contribution in [0.2, 0.25) is 0 Å². The Morgan fingerprint density at radius 3 is 2.83 bits per heavy atom. The zero-order valence-corrected chi connectivity index (χ0v) is 13.6. The number of nitrogens with zero attached hydrogens (tertiary/aromatic N) is 1. The second kappa shape index (κ2) is 6.54. The maximum Gasteiger partial charge on any atom is 0.573 e. The zero-order valence-electron chi connectivity index (χ0n) is 13.6. The van der Waals surface area contributed by atoms with Crippen molar-refractivity contribution < 1.29 is 27.8 Å². The minimum absolute atomic E-state index is 0.0819. The topological polar surface area (TPSA) is 41.9 Å². The summed E-state index contributed by atoms with van der Waals surface area (Å²) in [5, 5.41) is 9.99. The van der Waals surface area contributed by atoms with Gasteiger partial charge < -0.3 is 14.6 Å². The second-order valence-corrected chi connectivity index (χ2v) is 6.63. The summed E-state index contributed by atoms with van der Waals surface area (Å²) in [4.78, 5) is 2.19. The Kier molecular flexibility index (Phi) is 4.77. The average Bonchev–Trinajstić information content (AvgIpc) is 2.85. The molecular formula is C17H22F3NO3. The summed E-state index contributed by atoms with van der Waals surface area (Å²) in [5.41, 5.74) is 0.503. The lowest BCUT2D eigenvalue weighted by Crippen LogP contribution is -2.51. The van der Waals surface area contributed by atoms with Crippen molar-refractivity contribution in [1.82, 2.24) is 4.90 Å². The molecule has 1 aliphatic heterocycles. The maximum atomic E-state index is 12.4. The maximum absolute atomic E-state index is 12.4. The molecule has 2 fully saturated rings. The Morgan fingerprint density at radius 1 is 1.33 bits per heavy atom. The summed E-state index contributed by atoms with van der Waals surface area (Å²) in [6.07, 6.45) is -1.99. The van der Waals surface area contributed by atoms with Gasteiger partial charge in [0, 0.05) is 26.2 Å². The summed E-state index contributed by atoms with van der Waals surface area (Å²) in [5.74, 6) is -0.208. The normalized spacial score (nSPS) is 31.0. The van der Waals surface area contributed by atoms with E-state index >= 15 is 0 Å². The Balaban J connectivity index is 1.73. The molecule has 0 amide bonds. The lowest BCUT2D eigenvalue weighted by molar-refractivity contribution is -0.274. The van der Waals surface area contributed by atoms with Crippen molar-refractivity contribution in [2.45, 2.75) is 56.3 Å². The van der Waals surface area contributed by atoms with E-state index in [1.807, 2.05) is 0 Å². The van der Waals surface area contributed by atoms with Crippen LogP contribution in [0.5, 0.6) is 5.75 Å². The summed E-state index contributed by atoms with van der Waals surface area (Å²) < 4.78 is 46.9. The molecule has 0 bridgehead atoms. The summed E-state index contributed by atoms with van der Waals surface area (Å²) in [6.45, 7) is 1.31. The van der Waals surface area contributed by atoms with Crippen LogP contribution in [-0.2, 0) is 11.3 Å². The predicted molar refractivity (Wildman–Crippen MR) is 81.5 cm³/mol. The van der Waals surface area contributed by atoms with Gasteiger partial charge >= 0.3 is 6.36 Å². The van der Waals surface area contributed by atoms with Crippen molar-refractivity contribution in [2.24, 2.45) is 0 Å². The number of aliphatic hydroxyl groups excluding tert-OH is 1. The van der Waals surface area contributed by atoms with Crippen molar-refractivity contribution in [3.63, 3.8) is 0 Å². The first-order valence-electron chi connectivity index (χ1n) is 8.13. The molecule has 134 valence electrons. The van der Waals surface area contributed by atoms with Crippen LogP contribution in [0.15, 0.2) is 24.3 Å². The molecule has 1 saturated carbocycles. The Bertz CT molecular complexity index is 580. The van der Waals surface area contributed by atoms with Gasteiger partial charge in [-0.25, -0.2) is 0 Å². The largest absolute Gasteiger partial charge is 0.573 e. The monoisotopic (exact) mass is 345 g/mol. The van der Waals surface area contributed by atoms with E-state index in [9.17, 15) is 18.3 Å². The van der Waals surface area contributed by atoms with Crippen LogP contribution in [0.1, 0.15) is 31.2 Å². The van der Waals surface area contributed by atoms with Gasteiger partial charge in [0.05, 0.1) is 11.7 Å². The molecule has 1 aliphatic carbocycles. The molecular weight excluding hydrogens is 323 g/mol. The van der Waals surface area contributed by atoms with Crippen molar-refractivity contribution in [3.8, 4) is 5.75 Å². The van der Waals surface area contributed by atoms with Gasteiger partial charge in [-0.15, -0.1) is 13.2 Å². The smallest absolute Gasteiger partial charge is 0.406 e. The molecule has 4 nitrogen and oxygen atoms in total. The number of halogens is 3. The highest BCUT2D eigenvalue weighted by atomic mass is 19.4. The summed E-state index contributed by atoms with van der Waals surface area (Å²) >= 11 is 0. The molecule has 0 aromatic heterocycles. The van der Waals surface area contributed by atoms with Crippen molar-refractivity contribution >= 4 is 0 Å². The Labute approximate surface area is 139 Å². The van der Waals surface area contributed by atoms with Crippen LogP contribution < -0.4 is 4.74 Å². The number of hydrogen-bond acceptors (Lipinski definition) is 4. The fraction of sp³-hybridized carbons (Fsp3) is 0.647. The fourth-order valence-electron chi connectivity index (χ4n) is 4.03. The SMILES string of the molecule is CO[C@@]12CC[C@@H](O)C[C@@H]1N(Cc1cccc(OC(F)(F)F)c1)CC2. The second-order valence-electron chi connectivity index (χ2n) is 6.63. The molecule has 3 atom stereocenters. The molecule has 7 heteroatoms. The van der Waals surface area contributed by atoms with Crippen LogP contribution >= 0.6 is 0 Å². The van der Waals surface area contributed by atoms with Gasteiger partial charge in [-0.3, -0.25) is 4.90 Å². The number of likely N-dealkylation sites (tertiary alicyclic amines) is 1. The molecule has 3 rings (SSSR count). The van der Waals surface area contributed by atoms with E-state index in [4.69, 9.17) is 4.74 Å². The number of benzene rings is 1. The summed E-state index contributed by atoms with van der Waals surface area (Å²) in [7, 11) is 1.70. The zero-order chi connectivity index (χ0) is 17.4. The molecule has 1 aromatic rings. The number of aliphatic hydroxyl groups is 1. The standard InChI is InChI=1S/C17H22F3NO3/c1-23-16-6-5-13(22)10-15(16)21(8-7-16)11-12-3-2-4-14(9-12)24-17(18,19)20/h2-4,9,13,15,22H,5-8,10-11H2,1H3/t13-,15+,16-/m1/s1. The quantitative estimate of drug-likeness (QED) is 0.911.